The normalized spacial score (nSPS) is 20.2. The molecule has 2 aromatic carbocycles. The van der Waals surface area contributed by atoms with Crippen molar-refractivity contribution in [1.29, 1.82) is 0 Å². The Morgan fingerprint density at radius 1 is 1.19 bits per heavy atom. The molecule has 26 heavy (non-hydrogen) atoms. The molecule has 0 radical (unpaired) electrons. The smallest absolute Gasteiger partial charge is 0.138 e. The molecule has 1 saturated heterocycles. The Hall–Kier alpha value is -1.88. The average molecular weight is 375 g/mol. The van der Waals surface area contributed by atoms with Gasteiger partial charge in [0.1, 0.15) is 11.5 Å². The van der Waals surface area contributed by atoms with Crippen LogP contribution < -0.4 is 4.74 Å². The maximum Gasteiger partial charge on any atom is 0.138 e. The fraction of sp³-hybridized carbons (Fsp3) is 0.381. The molecule has 0 aromatic heterocycles. The molecular weight excluding hydrogens is 352 g/mol. The number of aliphatic hydroxyl groups excluding tert-OH is 1. The number of hydrogen-bond donors (Lipinski definition) is 1. The molecule has 0 unspecified atom stereocenters. The Morgan fingerprint density at radius 3 is 2.65 bits per heavy atom. The van der Waals surface area contributed by atoms with Crippen LogP contribution in [0.4, 0.5) is 0 Å². The van der Waals surface area contributed by atoms with Crippen molar-refractivity contribution in [1.82, 2.24) is 0 Å². The topological polar surface area (TPSA) is 55.8 Å². The molecule has 2 aromatic rings. The van der Waals surface area contributed by atoms with Crippen molar-refractivity contribution in [3.8, 4) is 5.75 Å². The molecule has 2 atom stereocenters. The van der Waals surface area contributed by atoms with Gasteiger partial charge in [-0.15, -0.1) is 0 Å². The predicted octanol–water partition coefficient (Wildman–Crippen LogP) is 4.11. The highest BCUT2D eigenvalue weighted by atomic mass is 35.5. The monoisotopic (exact) mass is 374 g/mol. The van der Waals surface area contributed by atoms with Gasteiger partial charge in [-0.1, -0.05) is 35.9 Å². The number of Topliss-reactive ketones (excluding diaryl/α,β-unsaturated/α-hetero) is 1. The third kappa shape index (κ3) is 4.64. The van der Waals surface area contributed by atoms with Crippen molar-refractivity contribution < 1.29 is 19.4 Å². The minimum Gasteiger partial charge on any atom is -0.494 e. The summed E-state index contributed by atoms with van der Waals surface area (Å²) in [5.41, 5.74) is 3.03. The molecule has 0 saturated carbocycles. The van der Waals surface area contributed by atoms with Gasteiger partial charge in [-0.2, -0.15) is 0 Å². The zero-order chi connectivity index (χ0) is 18.5. The molecule has 3 rings (SSSR count). The van der Waals surface area contributed by atoms with Gasteiger partial charge in [0, 0.05) is 17.9 Å². The molecule has 1 N–H and O–H groups in total. The van der Waals surface area contributed by atoms with Gasteiger partial charge < -0.3 is 14.6 Å². The van der Waals surface area contributed by atoms with E-state index in [1.165, 1.54) is 0 Å². The molecule has 0 aliphatic carbocycles. The van der Waals surface area contributed by atoms with E-state index in [-0.39, 0.29) is 24.9 Å². The van der Waals surface area contributed by atoms with Crippen LogP contribution >= 0.6 is 11.6 Å². The summed E-state index contributed by atoms with van der Waals surface area (Å²) in [4.78, 5) is 11.9. The second-order valence-electron chi connectivity index (χ2n) is 6.48. The second-order valence-corrected chi connectivity index (χ2v) is 6.89. The SMILES string of the molecule is CCOc1ccc(Cc2cc([C@H]3CC(=O)C[C@@H](CO)O3)ccc2Cl)cc1. The number of ketones is 1. The Bertz CT molecular complexity index is 757. The Kier molecular flexibility index (Phi) is 6.30. The van der Waals surface area contributed by atoms with Gasteiger partial charge >= 0.3 is 0 Å². The van der Waals surface area contributed by atoms with Crippen LogP contribution in [0.5, 0.6) is 5.75 Å². The van der Waals surface area contributed by atoms with Crippen LogP contribution in [-0.2, 0) is 16.0 Å². The molecular formula is C21H23ClO4. The summed E-state index contributed by atoms with van der Waals surface area (Å²) >= 11 is 6.38. The average Bonchev–Trinajstić information content (AvgIpc) is 2.64. The van der Waals surface area contributed by atoms with Crippen LogP contribution in [0.15, 0.2) is 42.5 Å². The van der Waals surface area contributed by atoms with E-state index in [4.69, 9.17) is 21.1 Å². The molecule has 0 bridgehead atoms. The summed E-state index contributed by atoms with van der Waals surface area (Å²) in [6.45, 7) is 2.45. The van der Waals surface area contributed by atoms with Crippen LogP contribution in [-0.4, -0.2) is 30.2 Å². The minimum atomic E-state index is -0.425. The van der Waals surface area contributed by atoms with E-state index in [2.05, 4.69) is 0 Å². The number of carbonyl (C=O) groups is 1. The molecule has 1 aliphatic rings. The van der Waals surface area contributed by atoms with Crippen molar-refractivity contribution in [3.63, 3.8) is 0 Å². The Balaban J connectivity index is 1.78. The zero-order valence-corrected chi connectivity index (χ0v) is 15.5. The maximum atomic E-state index is 11.9. The summed E-state index contributed by atoms with van der Waals surface area (Å²) < 4.78 is 11.3. The first kappa shape index (κ1) is 18.9. The van der Waals surface area contributed by atoms with Crippen LogP contribution in [0, 0.1) is 0 Å². The van der Waals surface area contributed by atoms with E-state index in [1.807, 2.05) is 49.4 Å². The standard InChI is InChI=1S/C21H23ClO4/c1-2-25-18-6-3-14(4-7-18)9-16-10-15(5-8-20(16)22)21-12-17(24)11-19(13-23)26-21/h3-8,10,19,21,23H,2,9,11-13H2,1H3/t19-,21+/m0/s1. The van der Waals surface area contributed by atoms with Crippen molar-refractivity contribution in [2.24, 2.45) is 0 Å². The maximum absolute atomic E-state index is 11.9. The lowest BCUT2D eigenvalue weighted by Gasteiger charge is -2.28. The van der Waals surface area contributed by atoms with E-state index in [9.17, 15) is 9.90 Å². The molecule has 1 aliphatic heterocycles. The number of hydrogen-bond acceptors (Lipinski definition) is 4. The van der Waals surface area contributed by atoms with Crippen LogP contribution in [0.25, 0.3) is 0 Å². The van der Waals surface area contributed by atoms with Crippen LogP contribution in [0.1, 0.15) is 42.6 Å². The van der Waals surface area contributed by atoms with Gasteiger partial charge in [0.25, 0.3) is 0 Å². The van der Waals surface area contributed by atoms with Gasteiger partial charge in [0.15, 0.2) is 0 Å². The van der Waals surface area contributed by atoms with Gasteiger partial charge in [-0.3, -0.25) is 4.79 Å². The lowest BCUT2D eigenvalue weighted by molar-refractivity contribution is -0.139. The molecule has 5 heteroatoms. The highest BCUT2D eigenvalue weighted by Gasteiger charge is 2.28. The number of aliphatic hydroxyl groups is 1. The number of carbonyl (C=O) groups excluding carboxylic acids is 1. The van der Waals surface area contributed by atoms with E-state index >= 15 is 0 Å². The van der Waals surface area contributed by atoms with E-state index < -0.39 is 6.10 Å². The molecule has 0 amide bonds. The minimum absolute atomic E-state index is 0.114. The van der Waals surface area contributed by atoms with Crippen LogP contribution in [0.2, 0.25) is 5.02 Å². The summed E-state index contributed by atoms with van der Waals surface area (Å²) in [7, 11) is 0. The van der Waals surface area contributed by atoms with Gasteiger partial charge in [0.05, 0.1) is 25.4 Å². The molecule has 1 fully saturated rings. The van der Waals surface area contributed by atoms with Crippen LogP contribution in [0.3, 0.4) is 0 Å². The van der Waals surface area contributed by atoms with E-state index in [1.54, 1.807) is 0 Å². The second kappa shape index (κ2) is 8.67. The number of halogens is 1. The quantitative estimate of drug-likeness (QED) is 0.826. The van der Waals surface area contributed by atoms with Crippen molar-refractivity contribution in [2.45, 2.75) is 38.4 Å². The molecule has 1 heterocycles. The molecule has 0 spiro atoms. The van der Waals surface area contributed by atoms with E-state index in [0.29, 0.717) is 24.5 Å². The summed E-state index contributed by atoms with van der Waals surface area (Å²) in [5.74, 6) is 0.962. The first-order chi connectivity index (χ1) is 12.6. The lowest BCUT2D eigenvalue weighted by Crippen LogP contribution is -2.30. The zero-order valence-electron chi connectivity index (χ0n) is 14.8. The number of rotatable bonds is 6. The van der Waals surface area contributed by atoms with Gasteiger partial charge in [-0.25, -0.2) is 0 Å². The third-order valence-electron chi connectivity index (χ3n) is 4.50. The largest absolute Gasteiger partial charge is 0.494 e. The Morgan fingerprint density at radius 2 is 1.96 bits per heavy atom. The number of benzene rings is 2. The van der Waals surface area contributed by atoms with Gasteiger partial charge in [0.2, 0.25) is 0 Å². The summed E-state index contributed by atoms with van der Waals surface area (Å²) in [5, 5.41) is 10.0. The Labute approximate surface area is 158 Å². The van der Waals surface area contributed by atoms with Gasteiger partial charge in [-0.05, 0) is 48.2 Å². The first-order valence-electron chi connectivity index (χ1n) is 8.87. The third-order valence-corrected chi connectivity index (χ3v) is 4.87. The molecule has 138 valence electrons. The van der Waals surface area contributed by atoms with Crippen molar-refractivity contribution >= 4 is 17.4 Å². The lowest BCUT2D eigenvalue weighted by atomic mass is 9.95. The highest BCUT2D eigenvalue weighted by molar-refractivity contribution is 6.31. The highest BCUT2D eigenvalue weighted by Crippen LogP contribution is 2.32. The summed E-state index contributed by atoms with van der Waals surface area (Å²) in [6, 6.07) is 13.7. The first-order valence-corrected chi connectivity index (χ1v) is 9.25. The van der Waals surface area contributed by atoms with Crippen molar-refractivity contribution in [3.05, 3.63) is 64.2 Å². The predicted molar refractivity (Wildman–Crippen MR) is 101 cm³/mol. The fourth-order valence-corrected chi connectivity index (χ4v) is 3.38. The van der Waals surface area contributed by atoms with Crippen molar-refractivity contribution in [2.75, 3.05) is 13.2 Å². The fourth-order valence-electron chi connectivity index (χ4n) is 3.20. The molecule has 4 nitrogen and oxygen atoms in total. The van der Waals surface area contributed by atoms with E-state index in [0.717, 1.165) is 22.4 Å². The summed E-state index contributed by atoms with van der Waals surface area (Å²) in [6.07, 6.45) is 0.542. The number of ether oxygens (including phenoxy) is 2.